The largest absolute Gasteiger partial charge is 0.288 e. The highest BCUT2D eigenvalue weighted by Crippen LogP contribution is 2.49. The lowest BCUT2D eigenvalue weighted by atomic mass is 9.94. The van der Waals surface area contributed by atoms with Gasteiger partial charge in [0.2, 0.25) is 0 Å². The average Bonchev–Trinajstić information content (AvgIpc) is 3.59. The van der Waals surface area contributed by atoms with Crippen LogP contribution >= 0.6 is 0 Å². The molecule has 0 radical (unpaired) electrons. The molecule has 0 amide bonds. The first-order valence-electron chi connectivity index (χ1n) is 12.0. The fraction of sp³-hybridized carbons (Fsp3) is 0.0645. The van der Waals surface area contributed by atoms with E-state index in [1.807, 2.05) is 24.7 Å². The van der Waals surface area contributed by atoms with E-state index in [2.05, 4.69) is 75.0 Å². The molecule has 0 bridgehead atoms. The number of pyridine rings is 3. The van der Waals surface area contributed by atoms with Crippen molar-refractivity contribution in [2.45, 2.75) is 12.8 Å². The van der Waals surface area contributed by atoms with Crippen LogP contribution in [-0.4, -0.2) is 19.4 Å². The van der Waals surface area contributed by atoms with Gasteiger partial charge in [0.25, 0.3) is 0 Å². The van der Waals surface area contributed by atoms with Crippen LogP contribution in [0.5, 0.6) is 0 Å². The Labute approximate surface area is 200 Å². The molecular formula is C31H18N4. The number of rotatable bonds is 0. The van der Waals surface area contributed by atoms with E-state index in [4.69, 9.17) is 4.98 Å². The second-order valence-electron chi connectivity index (χ2n) is 9.66. The summed E-state index contributed by atoms with van der Waals surface area (Å²) in [6.45, 7) is 0. The van der Waals surface area contributed by atoms with Gasteiger partial charge in [0.1, 0.15) is 5.65 Å². The fourth-order valence-corrected chi connectivity index (χ4v) is 6.58. The Hall–Kier alpha value is -4.57. The average molecular weight is 447 g/mol. The molecular weight excluding hydrogens is 428 g/mol. The predicted molar refractivity (Wildman–Crippen MR) is 140 cm³/mol. The second-order valence-corrected chi connectivity index (χ2v) is 9.66. The van der Waals surface area contributed by atoms with Crippen molar-refractivity contribution in [3.05, 3.63) is 108 Å². The van der Waals surface area contributed by atoms with E-state index < -0.39 is 0 Å². The summed E-state index contributed by atoms with van der Waals surface area (Å²) in [5.41, 5.74) is 15.1. The van der Waals surface area contributed by atoms with Crippen LogP contribution in [0.15, 0.2) is 85.3 Å². The Morgan fingerprint density at radius 2 is 1.54 bits per heavy atom. The van der Waals surface area contributed by atoms with Crippen molar-refractivity contribution in [1.82, 2.24) is 19.4 Å². The quantitative estimate of drug-likeness (QED) is 0.243. The molecule has 3 aromatic carbocycles. The van der Waals surface area contributed by atoms with Crippen LogP contribution in [0.3, 0.4) is 0 Å². The molecule has 4 nitrogen and oxygen atoms in total. The lowest BCUT2D eigenvalue weighted by molar-refractivity contribution is 1.16. The molecule has 4 heterocycles. The van der Waals surface area contributed by atoms with Crippen molar-refractivity contribution >= 4 is 38.5 Å². The molecule has 0 aliphatic heterocycles. The van der Waals surface area contributed by atoms with Crippen molar-refractivity contribution in [2.24, 2.45) is 0 Å². The maximum atomic E-state index is 5.07. The van der Waals surface area contributed by atoms with Crippen molar-refractivity contribution in [3.63, 3.8) is 0 Å². The summed E-state index contributed by atoms with van der Waals surface area (Å²) in [6.07, 6.45) is 7.63. The molecule has 0 unspecified atom stereocenters. The summed E-state index contributed by atoms with van der Waals surface area (Å²) in [6, 6.07) is 24.3. The Kier molecular flexibility index (Phi) is 3.11. The smallest absolute Gasteiger partial charge is 0.178 e. The Bertz CT molecular complexity index is 2070. The molecule has 35 heavy (non-hydrogen) atoms. The third kappa shape index (κ3) is 2.11. The Morgan fingerprint density at radius 1 is 0.657 bits per heavy atom. The number of fused-ring (bicyclic) bond motifs is 16. The number of aromatic nitrogens is 4. The Morgan fingerprint density at radius 3 is 2.54 bits per heavy atom. The van der Waals surface area contributed by atoms with Gasteiger partial charge in [-0.05, 0) is 80.9 Å². The monoisotopic (exact) mass is 446 g/mol. The van der Waals surface area contributed by atoms with E-state index in [0.29, 0.717) is 0 Å². The van der Waals surface area contributed by atoms with Gasteiger partial charge in [0.15, 0.2) is 5.65 Å². The van der Waals surface area contributed by atoms with Gasteiger partial charge in [-0.25, -0.2) is 9.97 Å². The van der Waals surface area contributed by atoms with Gasteiger partial charge < -0.3 is 0 Å². The summed E-state index contributed by atoms with van der Waals surface area (Å²) in [7, 11) is 0. The zero-order chi connectivity index (χ0) is 22.7. The van der Waals surface area contributed by atoms with Crippen LogP contribution in [-0.2, 0) is 12.8 Å². The van der Waals surface area contributed by atoms with Gasteiger partial charge in [-0.3, -0.25) is 9.38 Å². The first-order chi connectivity index (χ1) is 17.4. The molecule has 0 N–H and O–H groups in total. The van der Waals surface area contributed by atoms with Crippen LogP contribution in [0.4, 0.5) is 0 Å². The Balaban J connectivity index is 1.45. The van der Waals surface area contributed by atoms with E-state index >= 15 is 0 Å². The minimum atomic E-state index is 0.769. The fourth-order valence-electron chi connectivity index (χ4n) is 6.58. The normalized spacial score (nSPS) is 13.5. The summed E-state index contributed by atoms with van der Waals surface area (Å²) >= 11 is 0. The number of nitrogens with zero attached hydrogens (tertiary/aromatic N) is 4. The van der Waals surface area contributed by atoms with E-state index in [1.54, 1.807) is 0 Å². The molecule has 2 aliphatic rings. The van der Waals surface area contributed by atoms with Gasteiger partial charge in [-0.2, -0.15) is 0 Å². The summed E-state index contributed by atoms with van der Waals surface area (Å²) in [5, 5.41) is 3.63. The minimum absolute atomic E-state index is 0.769. The maximum Gasteiger partial charge on any atom is 0.178 e. The molecule has 0 saturated carbocycles. The standard InChI is InChI=1S/C31H18N4/c1-2-5-19-17(4-1)14-24-20(19)9-10-23-25(24)15-18-7-8-22-21-11-13-32-16-27(21)35-26-6-3-12-33-30(26)34-31(35)29(22)28(18)23/h1-13,16H,14-15H2. The first kappa shape index (κ1) is 17.8. The summed E-state index contributed by atoms with van der Waals surface area (Å²) in [4.78, 5) is 14.1. The number of benzene rings is 3. The molecule has 0 spiro atoms. The third-order valence-electron chi connectivity index (χ3n) is 8.02. The van der Waals surface area contributed by atoms with E-state index in [9.17, 15) is 0 Å². The number of hydrogen-bond donors (Lipinski definition) is 0. The maximum absolute atomic E-state index is 5.07. The van der Waals surface area contributed by atoms with Crippen LogP contribution in [0.2, 0.25) is 0 Å². The number of imidazole rings is 1. The zero-order valence-corrected chi connectivity index (χ0v) is 18.8. The van der Waals surface area contributed by atoms with Gasteiger partial charge in [-0.1, -0.05) is 48.5 Å². The van der Waals surface area contributed by atoms with E-state index in [0.717, 1.165) is 35.2 Å². The van der Waals surface area contributed by atoms with Gasteiger partial charge >= 0.3 is 0 Å². The SMILES string of the molecule is c1ccc2c(c1)Cc1c-2ccc2c1Cc1ccc3c4ccncc4n4c5cccnc5nc4c3c1-2. The van der Waals surface area contributed by atoms with Crippen molar-refractivity contribution in [1.29, 1.82) is 0 Å². The van der Waals surface area contributed by atoms with Gasteiger partial charge in [-0.15, -0.1) is 0 Å². The van der Waals surface area contributed by atoms with Crippen molar-refractivity contribution in [2.75, 3.05) is 0 Å². The minimum Gasteiger partial charge on any atom is -0.288 e. The third-order valence-corrected chi connectivity index (χ3v) is 8.02. The van der Waals surface area contributed by atoms with Crippen LogP contribution < -0.4 is 0 Å². The highest BCUT2D eigenvalue weighted by atomic mass is 15.1. The molecule has 162 valence electrons. The molecule has 2 aliphatic carbocycles. The summed E-state index contributed by atoms with van der Waals surface area (Å²) < 4.78 is 2.24. The van der Waals surface area contributed by atoms with E-state index in [1.165, 1.54) is 60.7 Å². The number of hydrogen-bond acceptors (Lipinski definition) is 3. The van der Waals surface area contributed by atoms with Gasteiger partial charge in [0.05, 0.1) is 17.2 Å². The van der Waals surface area contributed by atoms with Crippen LogP contribution in [0, 0.1) is 0 Å². The second kappa shape index (κ2) is 6.10. The van der Waals surface area contributed by atoms with Crippen LogP contribution in [0.1, 0.15) is 22.3 Å². The lowest BCUT2D eigenvalue weighted by Crippen LogP contribution is -1.94. The predicted octanol–water partition coefficient (Wildman–Crippen LogP) is 6.73. The van der Waals surface area contributed by atoms with Crippen molar-refractivity contribution < 1.29 is 0 Å². The first-order valence-corrected chi connectivity index (χ1v) is 12.0. The van der Waals surface area contributed by atoms with E-state index in [-0.39, 0.29) is 0 Å². The highest BCUT2D eigenvalue weighted by molar-refractivity contribution is 6.19. The zero-order valence-electron chi connectivity index (χ0n) is 18.8. The summed E-state index contributed by atoms with van der Waals surface area (Å²) in [5.74, 6) is 0. The van der Waals surface area contributed by atoms with Crippen molar-refractivity contribution in [3.8, 4) is 22.3 Å². The molecule has 7 aromatic rings. The molecule has 0 atom stereocenters. The lowest BCUT2D eigenvalue weighted by Gasteiger charge is -2.13. The molecule has 0 saturated heterocycles. The van der Waals surface area contributed by atoms with Gasteiger partial charge in [0, 0.05) is 23.2 Å². The highest BCUT2D eigenvalue weighted by Gasteiger charge is 2.30. The topological polar surface area (TPSA) is 43.1 Å². The molecule has 4 aromatic heterocycles. The van der Waals surface area contributed by atoms with Crippen LogP contribution in [0.25, 0.3) is 60.7 Å². The molecule has 4 heteroatoms. The molecule has 0 fully saturated rings. The molecule has 9 rings (SSSR count).